The third kappa shape index (κ3) is 6.42. The van der Waals surface area contributed by atoms with Gasteiger partial charge in [0.15, 0.2) is 0 Å². The second-order valence-electron chi connectivity index (χ2n) is 4.86. The summed E-state index contributed by atoms with van der Waals surface area (Å²) in [5, 5.41) is 19.4. The molecule has 0 bridgehead atoms. The van der Waals surface area contributed by atoms with Crippen molar-refractivity contribution in [1.82, 2.24) is 0 Å². The highest BCUT2D eigenvalue weighted by atomic mass is 16.3. The van der Waals surface area contributed by atoms with E-state index in [1.54, 1.807) is 0 Å². The van der Waals surface area contributed by atoms with Crippen molar-refractivity contribution in [3.63, 3.8) is 0 Å². The van der Waals surface area contributed by atoms with Gasteiger partial charge in [0.2, 0.25) is 0 Å². The van der Waals surface area contributed by atoms with E-state index < -0.39 is 6.10 Å². The smallest absolute Gasteiger partial charge is 0.120 e. The summed E-state index contributed by atoms with van der Waals surface area (Å²) in [6.45, 7) is 2.11. The van der Waals surface area contributed by atoms with Gasteiger partial charge in [0, 0.05) is 18.9 Å². The summed E-state index contributed by atoms with van der Waals surface area (Å²) in [7, 11) is 0. The average Bonchev–Trinajstić information content (AvgIpc) is 2.45. The van der Waals surface area contributed by atoms with Crippen LogP contribution in [0.4, 0.5) is 0 Å². The van der Waals surface area contributed by atoms with Crippen LogP contribution in [0.2, 0.25) is 0 Å². The van der Waals surface area contributed by atoms with E-state index in [1.165, 1.54) is 12.8 Å². The molecule has 0 spiro atoms. The van der Waals surface area contributed by atoms with Crippen molar-refractivity contribution in [3.8, 4) is 11.8 Å². The van der Waals surface area contributed by atoms with Crippen molar-refractivity contribution in [3.05, 3.63) is 35.9 Å². The lowest BCUT2D eigenvalue weighted by molar-refractivity contribution is 0.107. The average molecular weight is 260 g/mol. The van der Waals surface area contributed by atoms with E-state index in [-0.39, 0.29) is 12.5 Å². The molecule has 1 rings (SSSR count). The number of aliphatic hydroxyl groups is 2. The molecule has 0 saturated carbocycles. The van der Waals surface area contributed by atoms with Crippen LogP contribution in [0.25, 0.3) is 0 Å². The summed E-state index contributed by atoms with van der Waals surface area (Å²) < 4.78 is 0. The Balaban J connectivity index is 2.45. The maximum absolute atomic E-state index is 9.99. The lowest BCUT2D eigenvalue weighted by atomic mass is 9.95. The largest absolute Gasteiger partial charge is 0.396 e. The molecule has 2 heteroatoms. The molecule has 0 aromatic heterocycles. The Labute approximate surface area is 116 Å². The van der Waals surface area contributed by atoms with Gasteiger partial charge in [-0.05, 0) is 18.4 Å². The number of benzene rings is 1. The molecule has 0 amide bonds. The molecular weight excluding hydrogens is 236 g/mol. The molecule has 0 radical (unpaired) electrons. The van der Waals surface area contributed by atoms with Crippen LogP contribution in [0.1, 0.15) is 38.2 Å². The van der Waals surface area contributed by atoms with Gasteiger partial charge in [-0.2, -0.15) is 0 Å². The van der Waals surface area contributed by atoms with E-state index in [0.717, 1.165) is 18.4 Å². The van der Waals surface area contributed by atoms with Gasteiger partial charge in [-0.3, -0.25) is 0 Å². The summed E-state index contributed by atoms with van der Waals surface area (Å²) in [5.74, 6) is 5.66. The molecule has 0 fully saturated rings. The van der Waals surface area contributed by atoms with Gasteiger partial charge in [-0.25, -0.2) is 0 Å². The number of unbranched alkanes of at least 4 members (excludes halogenated alkanes) is 3. The molecule has 0 heterocycles. The Morgan fingerprint density at radius 3 is 2.53 bits per heavy atom. The molecule has 2 atom stereocenters. The molecule has 0 aliphatic heterocycles. The minimum atomic E-state index is -0.744. The Kier molecular flexibility index (Phi) is 7.97. The predicted molar refractivity (Wildman–Crippen MR) is 78.6 cm³/mol. The highest BCUT2D eigenvalue weighted by Gasteiger charge is 2.16. The van der Waals surface area contributed by atoms with E-state index in [0.29, 0.717) is 6.42 Å². The van der Waals surface area contributed by atoms with Crippen molar-refractivity contribution >= 4 is 0 Å². The fourth-order valence-electron chi connectivity index (χ4n) is 1.95. The summed E-state index contributed by atoms with van der Waals surface area (Å²) in [4.78, 5) is 0. The quantitative estimate of drug-likeness (QED) is 0.584. The molecule has 2 N–H and O–H groups in total. The molecular formula is C17H24O2. The SMILES string of the molecule is CCCCCC#C[C@@H](O)[C@H](CO)Cc1ccccc1. The molecule has 104 valence electrons. The summed E-state index contributed by atoms with van der Waals surface area (Å²) in [6.07, 6.45) is 4.18. The standard InChI is InChI=1S/C17H24O2/c1-2-3-4-5-9-12-17(19)16(14-18)13-15-10-7-6-8-11-15/h6-8,10-11,16-19H,2-5,13-14H2,1H3/t16-,17+/m0/s1. The minimum absolute atomic E-state index is 0.0420. The first-order chi connectivity index (χ1) is 9.27. The number of aliphatic hydroxyl groups excluding tert-OH is 2. The second-order valence-corrected chi connectivity index (χ2v) is 4.86. The zero-order valence-corrected chi connectivity index (χ0v) is 11.7. The van der Waals surface area contributed by atoms with Crippen LogP contribution in [0.3, 0.4) is 0 Å². The molecule has 0 aliphatic carbocycles. The van der Waals surface area contributed by atoms with Gasteiger partial charge in [-0.1, -0.05) is 56.0 Å². The monoisotopic (exact) mass is 260 g/mol. The Hall–Kier alpha value is -1.30. The normalized spacial score (nSPS) is 13.4. The Bertz CT molecular complexity index is 389. The molecule has 0 saturated heterocycles. The van der Waals surface area contributed by atoms with E-state index in [2.05, 4.69) is 18.8 Å². The van der Waals surface area contributed by atoms with E-state index in [9.17, 15) is 10.2 Å². The van der Waals surface area contributed by atoms with Crippen LogP contribution < -0.4 is 0 Å². The summed E-state index contributed by atoms with van der Waals surface area (Å²) in [6, 6.07) is 9.90. The highest BCUT2D eigenvalue weighted by Crippen LogP contribution is 2.12. The van der Waals surface area contributed by atoms with Gasteiger partial charge < -0.3 is 10.2 Å². The predicted octanol–water partition coefficient (Wildman–Crippen LogP) is 2.78. The minimum Gasteiger partial charge on any atom is -0.396 e. The maximum atomic E-state index is 9.99. The molecule has 0 unspecified atom stereocenters. The first-order valence-electron chi connectivity index (χ1n) is 7.09. The maximum Gasteiger partial charge on any atom is 0.120 e. The summed E-state index contributed by atoms with van der Waals surface area (Å²) >= 11 is 0. The zero-order valence-electron chi connectivity index (χ0n) is 11.7. The van der Waals surface area contributed by atoms with E-state index >= 15 is 0 Å². The van der Waals surface area contributed by atoms with Crippen LogP contribution in [0.5, 0.6) is 0 Å². The van der Waals surface area contributed by atoms with Crippen LogP contribution in [0, 0.1) is 17.8 Å². The van der Waals surface area contributed by atoms with Crippen LogP contribution >= 0.6 is 0 Å². The van der Waals surface area contributed by atoms with Gasteiger partial charge in [-0.15, -0.1) is 5.92 Å². The van der Waals surface area contributed by atoms with Crippen molar-refractivity contribution in [2.75, 3.05) is 6.61 Å². The fourth-order valence-corrected chi connectivity index (χ4v) is 1.95. The zero-order chi connectivity index (χ0) is 13.9. The molecule has 1 aromatic carbocycles. The molecule has 19 heavy (non-hydrogen) atoms. The van der Waals surface area contributed by atoms with Crippen LogP contribution in [0.15, 0.2) is 30.3 Å². The second kappa shape index (κ2) is 9.61. The van der Waals surface area contributed by atoms with Crippen LogP contribution in [-0.2, 0) is 6.42 Å². The molecule has 2 nitrogen and oxygen atoms in total. The van der Waals surface area contributed by atoms with Crippen molar-refractivity contribution in [1.29, 1.82) is 0 Å². The van der Waals surface area contributed by atoms with Crippen LogP contribution in [-0.4, -0.2) is 22.9 Å². The molecule has 0 aliphatic rings. The van der Waals surface area contributed by atoms with E-state index in [1.807, 2.05) is 30.3 Å². The number of hydrogen-bond acceptors (Lipinski definition) is 2. The van der Waals surface area contributed by atoms with Gasteiger partial charge >= 0.3 is 0 Å². The highest BCUT2D eigenvalue weighted by molar-refractivity contribution is 5.17. The van der Waals surface area contributed by atoms with Gasteiger partial charge in [0.05, 0.1) is 0 Å². The molecule has 1 aromatic rings. The fraction of sp³-hybridized carbons (Fsp3) is 0.529. The van der Waals surface area contributed by atoms with E-state index in [4.69, 9.17) is 0 Å². The lowest BCUT2D eigenvalue weighted by Crippen LogP contribution is -2.24. The Morgan fingerprint density at radius 2 is 1.89 bits per heavy atom. The van der Waals surface area contributed by atoms with Crippen molar-refractivity contribution in [2.45, 2.75) is 45.1 Å². The third-order valence-corrected chi connectivity index (χ3v) is 3.18. The lowest BCUT2D eigenvalue weighted by Gasteiger charge is -2.16. The Morgan fingerprint density at radius 1 is 1.16 bits per heavy atom. The topological polar surface area (TPSA) is 40.5 Å². The third-order valence-electron chi connectivity index (χ3n) is 3.18. The first kappa shape index (κ1) is 15.8. The first-order valence-corrected chi connectivity index (χ1v) is 7.09. The van der Waals surface area contributed by atoms with Crippen molar-refractivity contribution in [2.24, 2.45) is 5.92 Å². The summed E-state index contributed by atoms with van der Waals surface area (Å²) in [5.41, 5.74) is 1.12. The van der Waals surface area contributed by atoms with Gasteiger partial charge in [0.25, 0.3) is 0 Å². The number of rotatable bonds is 7. The van der Waals surface area contributed by atoms with Crippen molar-refractivity contribution < 1.29 is 10.2 Å². The van der Waals surface area contributed by atoms with Gasteiger partial charge in [0.1, 0.15) is 6.10 Å². The number of hydrogen-bond donors (Lipinski definition) is 2.